The van der Waals surface area contributed by atoms with Gasteiger partial charge in [0.2, 0.25) is 0 Å². The second kappa shape index (κ2) is 9.11. The van der Waals surface area contributed by atoms with Crippen LogP contribution in [0.3, 0.4) is 0 Å². The van der Waals surface area contributed by atoms with Crippen LogP contribution in [0.25, 0.3) is 22.9 Å². The van der Waals surface area contributed by atoms with Crippen molar-refractivity contribution >= 4 is 70.3 Å². The smallest absolute Gasteiger partial charge is 0.295 e. The zero-order chi connectivity index (χ0) is 26.5. The van der Waals surface area contributed by atoms with Crippen molar-refractivity contribution in [2.75, 3.05) is 5.73 Å². The Morgan fingerprint density at radius 1 is 0.865 bits per heavy atom. The van der Waals surface area contributed by atoms with Gasteiger partial charge in [0.1, 0.15) is 9.79 Å². The van der Waals surface area contributed by atoms with Crippen molar-refractivity contribution in [1.29, 1.82) is 0 Å². The van der Waals surface area contributed by atoms with Gasteiger partial charge in [0.05, 0.1) is 11.4 Å². The van der Waals surface area contributed by atoms with Crippen molar-refractivity contribution in [3.8, 4) is 0 Å². The molecule has 4 N–H and O–H groups in total. The number of benzene rings is 3. The fourth-order valence-electron chi connectivity index (χ4n) is 4.41. The number of nitrogens with two attached hydrogens (primary N) is 1. The van der Waals surface area contributed by atoms with Crippen LogP contribution in [-0.4, -0.2) is 30.9 Å². The van der Waals surface area contributed by atoms with E-state index in [2.05, 4.69) is 27.4 Å². The van der Waals surface area contributed by atoms with Crippen molar-refractivity contribution in [3.63, 3.8) is 0 Å². The van der Waals surface area contributed by atoms with E-state index in [1.54, 1.807) is 0 Å². The van der Waals surface area contributed by atoms with Gasteiger partial charge in [0.25, 0.3) is 20.2 Å². The van der Waals surface area contributed by atoms with Gasteiger partial charge < -0.3 is 5.73 Å². The monoisotopic (exact) mass is 556 g/mol. The van der Waals surface area contributed by atoms with Crippen LogP contribution in [0.2, 0.25) is 0 Å². The van der Waals surface area contributed by atoms with Gasteiger partial charge in [0.15, 0.2) is 10.1 Å². The maximum Gasteiger partial charge on any atom is 0.295 e. The molecule has 0 bridgehead atoms. The largest absolute Gasteiger partial charge is 0.375 e. The zero-order valence-electron chi connectivity index (χ0n) is 19.2. The summed E-state index contributed by atoms with van der Waals surface area (Å²) in [5, 5.41) is 11.0. The molecule has 1 aromatic heterocycles. The summed E-state index contributed by atoms with van der Waals surface area (Å²) in [4.78, 5) is 3.36. The van der Waals surface area contributed by atoms with E-state index in [1.165, 1.54) is 18.2 Å². The van der Waals surface area contributed by atoms with Crippen LogP contribution in [0, 0.1) is 5.92 Å². The molecule has 1 heterocycles. The standard InChI is InChI=1S/C24H20N4O6S3/c1-13-9-14-5-2-3-6-15(14)10-18(13)22-23(35-24(25)26-22)28-27-16-11-19-17(21(12-16)37(32,33)34)7-4-8-20(19)36(29,30)31/h2-13,18H,1H3,(H2,25,26)(H,29,30,31)(H,32,33,34). The minimum atomic E-state index is -4.77. The molecule has 13 heteroatoms. The molecule has 0 aliphatic heterocycles. The van der Waals surface area contributed by atoms with E-state index in [0.717, 1.165) is 33.9 Å². The van der Waals surface area contributed by atoms with E-state index < -0.39 is 30.0 Å². The van der Waals surface area contributed by atoms with Gasteiger partial charge in [-0.15, -0.1) is 10.2 Å². The van der Waals surface area contributed by atoms with E-state index in [-0.39, 0.29) is 33.4 Å². The molecule has 10 nitrogen and oxygen atoms in total. The Hall–Kier alpha value is -3.49. The molecular formula is C24H20N4O6S3. The first kappa shape index (κ1) is 25.2. The van der Waals surface area contributed by atoms with Crippen molar-refractivity contribution in [2.24, 2.45) is 16.1 Å². The average molecular weight is 557 g/mol. The lowest BCUT2D eigenvalue weighted by atomic mass is 9.86. The molecule has 2 unspecified atom stereocenters. The van der Waals surface area contributed by atoms with Gasteiger partial charge in [-0.25, -0.2) is 4.98 Å². The Morgan fingerprint density at radius 2 is 1.54 bits per heavy atom. The summed E-state index contributed by atoms with van der Waals surface area (Å²) < 4.78 is 67.4. The summed E-state index contributed by atoms with van der Waals surface area (Å²) in [5.41, 5.74) is 6.53. The second-order valence-electron chi connectivity index (χ2n) is 8.53. The van der Waals surface area contributed by atoms with Crippen molar-refractivity contribution < 1.29 is 25.9 Å². The van der Waals surface area contributed by atoms with Crippen LogP contribution in [-0.2, 0) is 20.2 Å². The molecule has 4 aromatic rings. The molecule has 2 atom stereocenters. The molecule has 1 aliphatic rings. The Morgan fingerprint density at radius 3 is 2.22 bits per heavy atom. The molecule has 0 fully saturated rings. The van der Waals surface area contributed by atoms with E-state index in [4.69, 9.17) is 5.73 Å². The summed E-state index contributed by atoms with van der Waals surface area (Å²) in [6.07, 6.45) is 4.22. The lowest BCUT2D eigenvalue weighted by molar-refractivity contribution is 0.481. The molecule has 190 valence electrons. The SMILES string of the molecule is CC1C=c2ccccc2=CC1c1nc(N)sc1N=Nc1cc(S(=O)(=O)O)c2cccc(S(=O)(=O)O)c2c1. The first-order valence-electron chi connectivity index (χ1n) is 10.9. The quantitative estimate of drug-likeness (QED) is 0.246. The Kier molecular flexibility index (Phi) is 6.20. The normalized spacial score (nSPS) is 17.9. The third-order valence-corrected chi connectivity index (χ3v) is 8.64. The predicted octanol–water partition coefficient (Wildman–Crippen LogP) is 3.78. The molecule has 1 aliphatic carbocycles. The lowest BCUT2D eigenvalue weighted by Crippen LogP contribution is -2.31. The fourth-order valence-corrected chi connectivity index (χ4v) is 6.55. The number of aromatic nitrogens is 1. The van der Waals surface area contributed by atoms with E-state index >= 15 is 0 Å². The topological polar surface area (TPSA) is 172 Å². The molecule has 0 saturated heterocycles. The van der Waals surface area contributed by atoms with Gasteiger partial charge in [-0.05, 0) is 34.6 Å². The number of nitrogens with zero attached hydrogens (tertiary/aromatic N) is 3. The number of nitrogen functional groups attached to an aromatic ring is 1. The summed E-state index contributed by atoms with van der Waals surface area (Å²) in [5.74, 6) is -0.0667. The number of rotatable bonds is 5. The lowest BCUT2D eigenvalue weighted by Gasteiger charge is -2.19. The number of fused-ring (bicyclic) bond motifs is 2. The van der Waals surface area contributed by atoms with Crippen LogP contribution in [0.4, 0.5) is 15.8 Å². The third-order valence-electron chi connectivity index (χ3n) is 6.05. The highest BCUT2D eigenvalue weighted by Gasteiger charge is 2.25. The number of hydrogen-bond acceptors (Lipinski definition) is 9. The van der Waals surface area contributed by atoms with Crippen molar-refractivity contribution in [1.82, 2.24) is 4.98 Å². The summed E-state index contributed by atoms with van der Waals surface area (Å²) in [6.45, 7) is 2.05. The first-order valence-corrected chi connectivity index (χ1v) is 14.6. The number of azo groups is 1. The minimum Gasteiger partial charge on any atom is -0.375 e. The Balaban J connectivity index is 1.64. The van der Waals surface area contributed by atoms with Crippen LogP contribution in [0.15, 0.2) is 74.6 Å². The van der Waals surface area contributed by atoms with Crippen LogP contribution in [0.5, 0.6) is 0 Å². The maximum atomic E-state index is 12.1. The number of hydrogen-bond donors (Lipinski definition) is 3. The van der Waals surface area contributed by atoms with E-state index in [1.807, 2.05) is 31.2 Å². The molecule has 0 saturated carbocycles. The highest BCUT2D eigenvalue weighted by molar-refractivity contribution is 7.86. The summed E-state index contributed by atoms with van der Waals surface area (Å²) in [6, 6.07) is 14.0. The van der Waals surface area contributed by atoms with Gasteiger partial charge in [-0.3, -0.25) is 9.11 Å². The number of anilines is 1. The zero-order valence-corrected chi connectivity index (χ0v) is 21.6. The first-order chi connectivity index (χ1) is 17.4. The van der Waals surface area contributed by atoms with Crippen LogP contribution >= 0.6 is 11.3 Å². The van der Waals surface area contributed by atoms with Gasteiger partial charge >= 0.3 is 0 Å². The average Bonchev–Trinajstić information content (AvgIpc) is 3.20. The summed E-state index contributed by atoms with van der Waals surface area (Å²) in [7, 11) is -9.48. The van der Waals surface area contributed by atoms with E-state index in [9.17, 15) is 25.9 Å². The molecule has 0 spiro atoms. The third kappa shape index (κ3) is 4.91. The van der Waals surface area contributed by atoms with Gasteiger partial charge in [0, 0.05) is 16.7 Å². The molecule has 0 amide bonds. The maximum absolute atomic E-state index is 12.1. The van der Waals surface area contributed by atoms with Gasteiger partial charge in [-0.1, -0.05) is 66.8 Å². The second-order valence-corrected chi connectivity index (χ2v) is 12.3. The van der Waals surface area contributed by atoms with Crippen LogP contribution in [0.1, 0.15) is 18.5 Å². The Labute approximate surface area is 216 Å². The molecule has 3 aromatic carbocycles. The van der Waals surface area contributed by atoms with Crippen molar-refractivity contribution in [2.45, 2.75) is 22.6 Å². The van der Waals surface area contributed by atoms with Crippen molar-refractivity contribution in [3.05, 3.63) is 70.7 Å². The summed E-state index contributed by atoms with van der Waals surface area (Å²) >= 11 is 1.10. The van der Waals surface area contributed by atoms with E-state index in [0.29, 0.717) is 10.7 Å². The molecule has 0 radical (unpaired) electrons. The van der Waals surface area contributed by atoms with Gasteiger partial charge in [-0.2, -0.15) is 16.8 Å². The molecular weight excluding hydrogens is 536 g/mol. The van der Waals surface area contributed by atoms with Crippen LogP contribution < -0.4 is 16.2 Å². The minimum absolute atomic E-state index is 0.0632. The Bertz CT molecular complexity index is 1930. The highest BCUT2D eigenvalue weighted by atomic mass is 32.2. The number of thiazole rings is 1. The fraction of sp³-hybridized carbons (Fsp3) is 0.125. The molecule has 37 heavy (non-hydrogen) atoms. The predicted molar refractivity (Wildman–Crippen MR) is 141 cm³/mol. The molecule has 5 rings (SSSR count). The highest BCUT2D eigenvalue weighted by Crippen LogP contribution is 2.41.